The summed E-state index contributed by atoms with van der Waals surface area (Å²) in [4.78, 5) is 20.6. The first kappa shape index (κ1) is 17.3. The summed E-state index contributed by atoms with van der Waals surface area (Å²) < 4.78 is 15.1. The number of phosphoric ester groups is 1. The summed E-state index contributed by atoms with van der Waals surface area (Å²) >= 11 is 0. The van der Waals surface area contributed by atoms with Gasteiger partial charge in [0.15, 0.2) is 0 Å². The monoisotopic (exact) mass is 335 g/mol. The highest BCUT2D eigenvalue weighted by Crippen LogP contribution is 2.36. The van der Waals surface area contributed by atoms with Crippen LogP contribution in [0.15, 0.2) is 53.8 Å². The zero-order chi connectivity index (χ0) is 16.7. The van der Waals surface area contributed by atoms with Crippen molar-refractivity contribution in [1.29, 1.82) is 0 Å². The molecule has 0 unspecified atom stereocenters. The van der Waals surface area contributed by atoms with Gasteiger partial charge in [-0.1, -0.05) is 18.2 Å². The van der Waals surface area contributed by atoms with Crippen molar-refractivity contribution in [2.75, 3.05) is 11.9 Å². The Labute approximate surface area is 134 Å². The molecule has 0 spiro atoms. The van der Waals surface area contributed by atoms with E-state index in [0.29, 0.717) is 25.0 Å². The van der Waals surface area contributed by atoms with Gasteiger partial charge in [-0.3, -0.25) is 4.52 Å². The smallest absolute Gasteiger partial charge is 0.361 e. The molecule has 0 radical (unpaired) electrons. The van der Waals surface area contributed by atoms with Gasteiger partial charge in [0.2, 0.25) is 0 Å². The van der Waals surface area contributed by atoms with Crippen molar-refractivity contribution in [3.05, 3.63) is 59.3 Å². The summed E-state index contributed by atoms with van der Waals surface area (Å²) in [6.07, 6.45) is 5.16. The van der Waals surface area contributed by atoms with Gasteiger partial charge in [0.1, 0.15) is 0 Å². The van der Waals surface area contributed by atoms with E-state index in [-0.39, 0.29) is 6.61 Å². The van der Waals surface area contributed by atoms with E-state index >= 15 is 0 Å². The maximum Gasteiger partial charge on any atom is 0.469 e. The number of nitrogens with zero attached hydrogens (tertiary/aromatic N) is 2. The van der Waals surface area contributed by atoms with Crippen molar-refractivity contribution in [3.8, 4) is 0 Å². The summed E-state index contributed by atoms with van der Waals surface area (Å²) in [7, 11) is -4.44. The molecular formula is C15H18N3O4P. The first-order valence-corrected chi connectivity index (χ1v) is 8.65. The number of rotatable bonds is 7. The van der Waals surface area contributed by atoms with E-state index in [1.807, 2.05) is 36.4 Å². The second-order valence-corrected chi connectivity index (χ2v) is 6.24. The van der Waals surface area contributed by atoms with Crippen LogP contribution in [-0.2, 0) is 9.09 Å². The average Bonchev–Trinajstić information content (AvgIpc) is 2.53. The second kappa shape index (κ2) is 8.02. The van der Waals surface area contributed by atoms with Crippen molar-refractivity contribution in [2.24, 2.45) is 0 Å². The van der Waals surface area contributed by atoms with Gasteiger partial charge in [-0.2, -0.15) is 4.79 Å². The summed E-state index contributed by atoms with van der Waals surface area (Å²) in [5.74, 6) is 0. The van der Waals surface area contributed by atoms with Crippen LogP contribution in [0.5, 0.6) is 0 Å². The first-order valence-electron chi connectivity index (χ1n) is 7.12. The molecule has 0 atom stereocenters. The van der Waals surface area contributed by atoms with Crippen molar-refractivity contribution in [1.82, 2.24) is 0 Å². The van der Waals surface area contributed by atoms with E-state index in [4.69, 9.17) is 15.3 Å². The van der Waals surface area contributed by atoms with Crippen molar-refractivity contribution in [3.63, 3.8) is 0 Å². The minimum Gasteiger partial charge on any atom is -0.361 e. The topological polar surface area (TPSA) is 115 Å². The molecule has 0 saturated carbocycles. The van der Waals surface area contributed by atoms with Gasteiger partial charge in [-0.05, 0) is 36.6 Å². The van der Waals surface area contributed by atoms with Gasteiger partial charge in [-0.15, -0.1) is 0 Å². The van der Waals surface area contributed by atoms with Crippen LogP contribution in [0.3, 0.4) is 0 Å². The fourth-order valence-electron chi connectivity index (χ4n) is 2.21. The Hall–Kier alpha value is -2.01. The molecule has 1 aromatic rings. The Morgan fingerprint density at radius 2 is 2.04 bits per heavy atom. The quantitative estimate of drug-likeness (QED) is 0.307. The standard InChI is InChI=1S/C15H18N3O4P/c16-18-14-8-9-15(17-13-6-2-1-3-7-13)12(11-14)5-4-10-22-23(19,20)21/h1-3,6-7,9,11,17H,4-5,8,10H2,(H2,19,20,21). The van der Waals surface area contributed by atoms with Crippen LogP contribution in [-0.4, -0.2) is 26.9 Å². The predicted octanol–water partition coefficient (Wildman–Crippen LogP) is 2.87. The second-order valence-electron chi connectivity index (χ2n) is 5.00. The zero-order valence-electron chi connectivity index (χ0n) is 12.4. The molecule has 0 aliphatic heterocycles. The number of allylic oxidation sites excluding steroid dienone is 3. The Balaban J connectivity index is 2.02. The lowest BCUT2D eigenvalue weighted by molar-refractivity contribution is -0.00549. The van der Waals surface area contributed by atoms with Crippen LogP contribution in [0.25, 0.3) is 5.53 Å². The normalized spacial score (nSPS) is 14.8. The van der Waals surface area contributed by atoms with Gasteiger partial charge in [0, 0.05) is 17.5 Å². The SMILES string of the molecule is [N-]=[N+]=C1C=C(CCCOP(=O)(O)O)C(Nc2ccccc2)=CC1. The minimum absolute atomic E-state index is 0.0498. The molecule has 1 aliphatic rings. The average molecular weight is 335 g/mol. The van der Waals surface area contributed by atoms with Gasteiger partial charge >= 0.3 is 7.82 Å². The van der Waals surface area contributed by atoms with Crippen LogP contribution in [0.1, 0.15) is 19.3 Å². The van der Waals surface area contributed by atoms with Gasteiger partial charge in [0.05, 0.1) is 13.0 Å². The highest BCUT2D eigenvalue weighted by atomic mass is 31.2. The Kier molecular flexibility index (Phi) is 6.04. The molecule has 0 saturated heterocycles. The molecular weight excluding hydrogens is 317 g/mol. The molecule has 8 heteroatoms. The van der Waals surface area contributed by atoms with Gasteiger partial charge in [0.25, 0.3) is 5.71 Å². The molecule has 0 amide bonds. The van der Waals surface area contributed by atoms with Gasteiger partial charge < -0.3 is 20.6 Å². The van der Waals surface area contributed by atoms with Crippen LogP contribution in [0, 0.1) is 0 Å². The number of benzene rings is 1. The van der Waals surface area contributed by atoms with E-state index in [2.05, 4.69) is 14.6 Å². The summed E-state index contributed by atoms with van der Waals surface area (Å²) in [5, 5.41) is 3.29. The van der Waals surface area contributed by atoms with E-state index in [9.17, 15) is 4.57 Å². The Morgan fingerprint density at radius 1 is 1.30 bits per heavy atom. The third-order valence-electron chi connectivity index (χ3n) is 3.23. The maximum atomic E-state index is 10.7. The number of nitrogens with one attached hydrogen (secondary N) is 1. The fourth-order valence-corrected chi connectivity index (χ4v) is 2.57. The van der Waals surface area contributed by atoms with Crippen LogP contribution >= 0.6 is 7.82 Å². The van der Waals surface area contributed by atoms with Crippen molar-refractivity contribution >= 4 is 19.2 Å². The van der Waals surface area contributed by atoms with Crippen LogP contribution < -0.4 is 5.32 Å². The predicted molar refractivity (Wildman–Crippen MR) is 86.7 cm³/mol. The largest absolute Gasteiger partial charge is 0.469 e. The number of anilines is 1. The van der Waals surface area contributed by atoms with E-state index in [1.165, 1.54) is 0 Å². The van der Waals surface area contributed by atoms with E-state index < -0.39 is 7.82 Å². The summed E-state index contributed by atoms with van der Waals surface area (Å²) in [5.41, 5.74) is 12.2. The molecule has 3 N–H and O–H groups in total. The molecule has 7 nitrogen and oxygen atoms in total. The Bertz CT molecular complexity index is 703. The molecule has 0 fully saturated rings. The van der Waals surface area contributed by atoms with Crippen molar-refractivity contribution < 1.29 is 23.7 Å². The summed E-state index contributed by atoms with van der Waals surface area (Å²) in [6.45, 7) is -0.0498. The third-order valence-corrected chi connectivity index (χ3v) is 3.75. The highest BCUT2D eigenvalue weighted by molar-refractivity contribution is 7.46. The maximum absolute atomic E-state index is 10.7. The van der Waals surface area contributed by atoms with E-state index in [0.717, 1.165) is 17.0 Å². The highest BCUT2D eigenvalue weighted by Gasteiger charge is 2.18. The molecule has 122 valence electrons. The lowest BCUT2D eigenvalue weighted by Gasteiger charge is -2.17. The molecule has 1 aliphatic carbocycles. The van der Waals surface area contributed by atoms with E-state index in [1.54, 1.807) is 6.08 Å². The van der Waals surface area contributed by atoms with Crippen molar-refractivity contribution in [2.45, 2.75) is 19.3 Å². The first-order chi connectivity index (χ1) is 11.0. The molecule has 0 aromatic heterocycles. The Morgan fingerprint density at radius 3 is 2.70 bits per heavy atom. The lowest BCUT2D eigenvalue weighted by Crippen LogP contribution is -2.11. The molecule has 23 heavy (non-hydrogen) atoms. The number of phosphoric acid groups is 1. The number of hydrogen-bond acceptors (Lipinski definition) is 3. The third kappa shape index (κ3) is 5.94. The zero-order valence-corrected chi connectivity index (χ0v) is 13.3. The lowest BCUT2D eigenvalue weighted by atomic mass is 9.97. The molecule has 0 bridgehead atoms. The summed E-state index contributed by atoms with van der Waals surface area (Å²) in [6, 6.07) is 9.64. The molecule has 0 heterocycles. The van der Waals surface area contributed by atoms with Gasteiger partial charge in [-0.25, -0.2) is 4.57 Å². The van der Waals surface area contributed by atoms with Crippen LogP contribution in [0.4, 0.5) is 5.69 Å². The molecule has 2 rings (SSSR count). The van der Waals surface area contributed by atoms with Crippen LogP contribution in [0.2, 0.25) is 0 Å². The fraction of sp³-hybridized carbons (Fsp3) is 0.267. The number of hydrogen-bond donors (Lipinski definition) is 3. The molecule has 1 aromatic carbocycles. The number of para-hydroxylation sites is 1. The minimum atomic E-state index is -4.44.